The molecular weight excluding hydrogens is 150 g/mol. The molecule has 0 spiro atoms. The number of hydrogen-bond acceptors (Lipinski definition) is 2. The predicted molar refractivity (Wildman–Crippen MR) is 49.6 cm³/mol. The molecule has 3 nitrogen and oxygen atoms in total. The Bertz CT molecular complexity index is 288. The number of hydrogen-bond donors (Lipinski definition) is 0. The lowest BCUT2D eigenvalue weighted by molar-refractivity contribution is 0.659. The molecule has 1 aromatic heterocycles. The van der Waals surface area contributed by atoms with Gasteiger partial charge in [0.05, 0.1) is 12.2 Å². The molecule has 1 aromatic rings. The summed E-state index contributed by atoms with van der Waals surface area (Å²) in [5, 5.41) is 4.52. The van der Waals surface area contributed by atoms with Crippen LogP contribution < -0.4 is 4.90 Å². The lowest BCUT2D eigenvalue weighted by Gasteiger charge is -2.06. The zero-order chi connectivity index (χ0) is 8.72. The van der Waals surface area contributed by atoms with Crippen LogP contribution >= 0.6 is 0 Å². The maximum Gasteiger partial charge on any atom is 0.126 e. The molecule has 0 aliphatic carbocycles. The molecule has 0 unspecified atom stereocenters. The van der Waals surface area contributed by atoms with Gasteiger partial charge in [-0.1, -0.05) is 13.8 Å². The monoisotopic (exact) mass is 165 g/mol. The average molecular weight is 165 g/mol. The Kier molecular flexibility index (Phi) is 1.60. The van der Waals surface area contributed by atoms with Crippen LogP contribution in [0.25, 0.3) is 0 Å². The van der Waals surface area contributed by atoms with Gasteiger partial charge in [-0.25, -0.2) is 4.68 Å². The van der Waals surface area contributed by atoms with Crippen molar-refractivity contribution in [3.05, 3.63) is 11.8 Å². The number of aromatic nitrogens is 2. The molecule has 1 aliphatic rings. The topological polar surface area (TPSA) is 21.1 Å². The second-order valence-electron chi connectivity index (χ2n) is 3.73. The SMILES string of the molecule is CC(C)c1cc2n(n1)CCN2C. The van der Waals surface area contributed by atoms with E-state index in [1.54, 1.807) is 0 Å². The number of nitrogens with zero attached hydrogens (tertiary/aromatic N) is 3. The molecule has 0 saturated heterocycles. The highest BCUT2D eigenvalue weighted by molar-refractivity contribution is 5.43. The van der Waals surface area contributed by atoms with E-state index in [1.165, 1.54) is 11.5 Å². The quantitative estimate of drug-likeness (QED) is 0.628. The van der Waals surface area contributed by atoms with Crippen molar-refractivity contribution in [1.82, 2.24) is 9.78 Å². The molecule has 1 aliphatic heterocycles. The smallest absolute Gasteiger partial charge is 0.126 e. The van der Waals surface area contributed by atoms with Gasteiger partial charge in [0.1, 0.15) is 5.82 Å². The second-order valence-corrected chi connectivity index (χ2v) is 3.73. The summed E-state index contributed by atoms with van der Waals surface area (Å²) in [7, 11) is 2.12. The molecule has 0 atom stereocenters. The van der Waals surface area contributed by atoms with E-state index in [9.17, 15) is 0 Å². The van der Waals surface area contributed by atoms with Crippen LogP contribution in [-0.4, -0.2) is 23.4 Å². The Hall–Kier alpha value is -0.990. The summed E-state index contributed by atoms with van der Waals surface area (Å²) in [5.74, 6) is 1.80. The normalized spacial score (nSPS) is 15.8. The molecule has 12 heavy (non-hydrogen) atoms. The van der Waals surface area contributed by atoms with E-state index < -0.39 is 0 Å². The average Bonchev–Trinajstić information content (AvgIpc) is 2.53. The Morgan fingerprint density at radius 1 is 1.42 bits per heavy atom. The van der Waals surface area contributed by atoms with E-state index >= 15 is 0 Å². The first-order chi connectivity index (χ1) is 5.68. The summed E-state index contributed by atoms with van der Waals surface area (Å²) in [6, 6.07) is 2.19. The molecule has 0 amide bonds. The van der Waals surface area contributed by atoms with Crippen molar-refractivity contribution in [2.75, 3.05) is 18.5 Å². The predicted octanol–water partition coefficient (Wildman–Crippen LogP) is 1.46. The van der Waals surface area contributed by atoms with E-state index in [0.717, 1.165) is 13.1 Å². The zero-order valence-electron chi connectivity index (χ0n) is 7.91. The maximum absolute atomic E-state index is 4.52. The molecule has 0 saturated carbocycles. The first-order valence-electron chi connectivity index (χ1n) is 4.47. The number of rotatable bonds is 1. The third-order valence-corrected chi connectivity index (χ3v) is 2.41. The van der Waals surface area contributed by atoms with Crippen LogP contribution in [0.1, 0.15) is 25.5 Å². The van der Waals surface area contributed by atoms with E-state index in [2.05, 4.69) is 41.6 Å². The largest absolute Gasteiger partial charge is 0.358 e. The highest BCUT2D eigenvalue weighted by atomic mass is 15.4. The number of fused-ring (bicyclic) bond motifs is 1. The van der Waals surface area contributed by atoms with Crippen molar-refractivity contribution in [2.45, 2.75) is 26.3 Å². The summed E-state index contributed by atoms with van der Waals surface area (Å²) in [4.78, 5) is 2.25. The van der Waals surface area contributed by atoms with Crippen LogP contribution in [0.2, 0.25) is 0 Å². The number of likely N-dealkylation sites (N-methyl/N-ethyl adjacent to an activating group) is 1. The molecule has 2 heterocycles. The van der Waals surface area contributed by atoms with E-state index in [1.807, 2.05) is 0 Å². The van der Waals surface area contributed by atoms with Gasteiger partial charge in [-0.15, -0.1) is 0 Å². The molecule has 0 radical (unpaired) electrons. The molecule has 0 bridgehead atoms. The van der Waals surface area contributed by atoms with Gasteiger partial charge >= 0.3 is 0 Å². The van der Waals surface area contributed by atoms with Gasteiger partial charge in [-0.3, -0.25) is 0 Å². The lowest BCUT2D eigenvalue weighted by atomic mass is 10.1. The fourth-order valence-electron chi connectivity index (χ4n) is 1.54. The van der Waals surface area contributed by atoms with Gasteiger partial charge in [-0.2, -0.15) is 5.10 Å². The van der Waals surface area contributed by atoms with Crippen LogP contribution in [-0.2, 0) is 6.54 Å². The van der Waals surface area contributed by atoms with Crippen LogP contribution in [0, 0.1) is 0 Å². The highest BCUT2D eigenvalue weighted by Gasteiger charge is 2.18. The van der Waals surface area contributed by atoms with Gasteiger partial charge in [0.15, 0.2) is 0 Å². The van der Waals surface area contributed by atoms with Gasteiger partial charge in [0.2, 0.25) is 0 Å². The molecular formula is C9H15N3. The zero-order valence-corrected chi connectivity index (χ0v) is 7.91. The Morgan fingerprint density at radius 2 is 2.17 bits per heavy atom. The van der Waals surface area contributed by atoms with Crippen molar-refractivity contribution in [3.63, 3.8) is 0 Å². The van der Waals surface area contributed by atoms with Gasteiger partial charge < -0.3 is 4.90 Å². The van der Waals surface area contributed by atoms with Crippen molar-refractivity contribution in [1.29, 1.82) is 0 Å². The minimum Gasteiger partial charge on any atom is -0.358 e. The third-order valence-electron chi connectivity index (χ3n) is 2.41. The van der Waals surface area contributed by atoms with Gasteiger partial charge in [-0.05, 0) is 5.92 Å². The van der Waals surface area contributed by atoms with Gasteiger partial charge in [0.25, 0.3) is 0 Å². The fourth-order valence-corrected chi connectivity index (χ4v) is 1.54. The summed E-state index contributed by atoms with van der Waals surface area (Å²) >= 11 is 0. The van der Waals surface area contributed by atoms with Crippen LogP contribution in [0.3, 0.4) is 0 Å². The summed E-state index contributed by atoms with van der Waals surface area (Å²) in [6.45, 7) is 6.50. The number of anilines is 1. The van der Waals surface area contributed by atoms with Gasteiger partial charge in [0, 0.05) is 19.7 Å². The first-order valence-corrected chi connectivity index (χ1v) is 4.47. The molecule has 66 valence electrons. The second kappa shape index (κ2) is 2.51. The molecule has 3 heteroatoms. The maximum atomic E-state index is 4.52. The first kappa shape index (κ1) is 7.65. The van der Waals surface area contributed by atoms with Crippen LogP contribution in [0.4, 0.5) is 5.82 Å². The van der Waals surface area contributed by atoms with Crippen LogP contribution in [0.15, 0.2) is 6.07 Å². The van der Waals surface area contributed by atoms with E-state index in [-0.39, 0.29) is 0 Å². The van der Waals surface area contributed by atoms with Crippen molar-refractivity contribution in [3.8, 4) is 0 Å². The summed E-state index contributed by atoms with van der Waals surface area (Å²) < 4.78 is 2.09. The fraction of sp³-hybridized carbons (Fsp3) is 0.667. The summed E-state index contributed by atoms with van der Waals surface area (Å²) in [5.41, 5.74) is 1.21. The van der Waals surface area contributed by atoms with Crippen LogP contribution in [0.5, 0.6) is 0 Å². The van der Waals surface area contributed by atoms with Crippen molar-refractivity contribution in [2.24, 2.45) is 0 Å². The Labute approximate surface area is 73.0 Å². The molecule has 0 N–H and O–H groups in total. The Morgan fingerprint density at radius 3 is 2.75 bits per heavy atom. The Balaban J connectivity index is 2.36. The molecule has 0 fully saturated rings. The molecule has 2 rings (SSSR count). The van der Waals surface area contributed by atoms with E-state index in [0.29, 0.717) is 5.92 Å². The minimum absolute atomic E-state index is 0.538. The lowest BCUT2D eigenvalue weighted by Crippen LogP contribution is -2.12. The molecule has 0 aromatic carbocycles. The third kappa shape index (κ3) is 1.00. The minimum atomic E-state index is 0.538. The highest BCUT2D eigenvalue weighted by Crippen LogP contribution is 2.23. The van der Waals surface area contributed by atoms with Crippen molar-refractivity contribution >= 4 is 5.82 Å². The summed E-state index contributed by atoms with van der Waals surface area (Å²) in [6.07, 6.45) is 0. The van der Waals surface area contributed by atoms with E-state index in [4.69, 9.17) is 0 Å². The standard InChI is InChI=1S/C9H15N3/c1-7(2)8-6-9-11(3)4-5-12(9)10-8/h6-7H,4-5H2,1-3H3. The van der Waals surface area contributed by atoms with Crippen molar-refractivity contribution < 1.29 is 0 Å².